The number of hydrogen-bond acceptors (Lipinski definition) is 5. The van der Waals surface area contributed by atoms with Gasteiger partial charge in [0, 0.05) is 38.6 Å². The molecule has 2 rings (SSSR count). The number of likely N-dealkylation sites (tertiary alicyclic amines) is 1. The Morgan fingerprint density at radius 1 is 1.55 bits per heavy atom. The third-order valence-corrected chi connectivity index (χ3v) is 4.68. The number of carbonyl (C=O) groups is 1. The molecule has 0 spiro atoms. The topological polar surface area (TPSA) is 62.5 Å². The van der Waals surface area contributed by atoms with Gasteiger partial charge in [0.25, 0.3) is 0 Å². The molecule has 112 valence electrons. The second-order valence-electron chi connectivity index (χ2n) is 5.55. The fourth-order valence-corrected chi connectivity index (χ4v) is 3.31. The molecule has 1 aliphatic rings. The zero-order chi connectivity index (χ0) is 14.5. The quantitative estimate of drug-likeness (QED) is 0.883. The molecule has 1 unspecified atom stereocenters. The van der Waals surface area contributed by atoms with Crippen LogP contribution in [0.2, 0.25) is 0 Å². The Labute approximate surface area is 124 Å². The third kappa shape index (κ3) is 4.01. The summed E-state index contributed by atoms with van der Waals surface area (Å²) in [6, 6.07) is 0.484. The predicted molar refractivity (Wildman–Crippen MR) is 81.6 cm³/mol. The molecule has 2 heterocycles. The molecule has 0 aliphatic carbocycles. The van der Waals surface area contributed by atoms with Crippen LogP contribution in [0.5, 0.6) is 0 Å². The van der Waals surface area contributed by atoms with Crippen LogP contribution >= 0.6 is 11.3 Å². The zero-order valence-corrected chi connectivity index (χ0v) is 13.2. The fourth-order valence-electron chi connectivity index (χ4n) is 2.53. The van der Waals surface area contributed by atoms with Crippen molar-refractivity contribution in [2.45, 2.75) is 38.3 Å². The molecule has 1 atom stereocenters. The molecule has 1 amide bonds. The van der Waals surface area contributed by atoms with Gasteiger partial charge in [0.1, 0.15) is 5.01 Å². The molecular formula is C14H24N4OS. The molecule has 1 fully saturated rings. The van der Waals surface area contributed by atoms with E-state index in [2.05, 4.69) is 15.3 Å². The average molecular weight is 296 g/mol. The monoisotopic (exact) mass is 296 g/mol. The predicted octanol–water partition coefficient (Wildman–Crippen LogP) is 1.09. The van der Waals surface area contributed by atoms with Gasteiger partial charge in [-0.2, -0.15) is 0 Å². The molecule has 0 bridgehead atoms. The molecule has 1 saturated heterocycles. The molecule has 0 radical (unpaired) electrons. The Kier molecular flexibility index (Phi) is 5.51. The smallest absolute Gasteiger partial charge is 0.228 e. The van der Waals surface area contributed by atoms with E-state index in [0.29, 0.717) is 12.5 Å². The third-order valence-electron chi connectivity index (χ3n) is 3.79. The van der Waals surface area contributed by atoms with E-state index in [-0.39, 0.29) is 5.91 Å². The van der Waals surface area contributed by atoms with Crippen LogP contribution in [0.15, 0.2) is 5.38 Å². The Morgan fingerprint density at radius 3 is 3.05 bits per heavy atom. The van der Waals surface area contributed by atoms with Gasteiger partial charge in [-0.1, -0.05) is 6.42 Å². The van der Waals surface area contributed by atoms with Crippen molar-refractivity contribution >= 4 is 17.2 Å². The maximum atomic E-state index is 11.7. The molecule has 5 nitrogen and oxygen atoms in total. The van der Waals surface area contributed by atoms with Crippen molar-refractivity contribution in [2.24, 2.45) is 5.73 Å². The van der Waals surface area contributed by atoms with E-state index in [1.54, 1.807) is 30.3 Å². The summed E-state index contributed by atoms with van der Waals surface area (Å²) in [5.74, 6) is 0.101. The largest absolute Gasteiger partial charge is 0.348 e. The van der Waals surface area contributed by atoms with Crippen molar-refractivity contribution in [3.05, 3.63) is 16.1 Å². The number of nitrogens with two attached hydrogens (primary N) is 1. The Morgan fingerprint density at radius 2 is 2.35 bits per heavy atom. The zero-order valence-electron chi connectivity index (χ0n) is 12.3. The van der Waals surface area contributed by atoms with Crippen LogP contribution in [0.3, 0.4) is 0 Å². The van der Waals surface area contributed by atoms with E-state index in [4.69, 9.17) is 5.73 Å². The average Bonchev–Trinajstić information content (AvgIpc) is 2.86. The van der Waals surface area contributed by atoms with Crippen LogP contribution in [0.25, 0.3) is 0 Å². The van der Waals surface area contributed by atoms with Crippen LogP contribution in [0.4, 0.5) is 0 Å². The van der Waals surface area contributed by atoms with Crippen molar-refractivity contribution in [3.63, 3.8) is 0 Å². The van der Waals surface area contributed by atoms with Crippen molar-refractivity contribution in [1.82, 2.24) is 14.8 Å². The summed E-state index contributed by atoms with van der Waals surface area (Å²) in [5, 5.41) is 2.97. The van der Waals surface area contributed by atoms with E-state index in [9.17, 15) is 4.79 Å². The molecule has 0 saturated carbocycles. The number of likely N-dealkylation sites (N-methyl/N-ethyl adjacent to an activating group) is 1. The lowest BCUT2D eigenvalue weighted by molar-refractivity contribution is -0.127. The van der Waals surface area contributed by atoms with Crippen molar-refractivity contribution in [3.8, 4) is 0 Å². The summed E-state index contributed by atoms with van der Waals surface area (Å²) < 4.78 is 0. The van der Waals surface area contributed by atoms with Gasteiger partial charge in [0.05, 0.1) is 12.1 Å². The molecule has 1 aromatic rings. The van der Waals surface area contributed by atoms with E-state index in [0.717, 1.165) is 30.3 Å². The normalized spacial score (nSPS) is 20.1. The van der Waals surface area contributed by atoms with E-state index < -0.39 is 0 Å². The Balaban J connectivity index is 1.93. The molecule has 2 N–H and O–H groups in total. The van der Waals surface area contributed by atoms with Crippen LogP contribution < -0.4 is 5.73 Å². The number of thiazole rings is 1. The first kappa shape index (κ1) is 15.4. The first-order valence-electron chi connectivity index (χ1n) is 7.17. The highest BCUT2D eigenvalue weighted by Gasteiger charge is 2.22. The summed E-state index contributed by atoms with van der Waals surface area (Å²) in [6.45, 7) is 2.68. The van der Waals surface area contributed by atoms with Gasteiger partial charge in [-0.15, -0.1) is 11.3 Å². The van der Waals surface area contributed by atoms with Crippen molar-refractivity contribution < 1.29 is 4.79 Å². The van der Waals surface area contributed by atoms with Crippen molar-refractivity contribution in [1.29, 1.82) is 0 Å². The second kappa shape index (κ2) is 7.15. The van der Waals surface area contributed by atoms with Crippen LogP contribution in [0.1, 0.15) is 30.0 Å². The molecular weight excluding hydrogens is 272 g/mol. The summed E-state index contributed by atoms with van der Waals surface area (Å²) in [5.41, 5.74) is 6.91. The van der Waals surface area contributed by atoms with Gasteiger partial charge in [-0.05, 0) is 19.4 Å². The lowest BCUT2D eigenvalue weighted by Gasteiger charge is -2.34. The second-order valence-corrected chi connectivity index (χ2v) is 6.50. The van der Waals surface area contributed by atoms with Crippen LogP contribution in [-0.2, 0) is 17.8 Å². The Bertz CT molecular complexity index is 446. The highest BCUT2D eigenvalue weighted by molar-refractivity contribution is 7.09. The molecule has 20 heavy (non-hydrogen) atoms. The first-order valence-corrected chi connectivity index (χ1v) is 8.05. The number of carbonyl (C=O) groups excluding carboxylic acids is 1. The summed E-state index contributed by atoms with van der Waals surface area (Å²) >= 11 is 1.58. The molecule has 1 aliphatic heterocycles. The SMILES string of the molecule is CN(C)C(=O)Cc1nc(CN2CCCCC2CN)cs1. The van der Waals surface area contributed by atoms with Gasteiger partial charge in [0.15, 0.2) is 0 Å². The van der Waals surface area contributed by atoms with Gasteiger partial charge < -0.3 is 10.6 Å². The fraction of sp³-hybridized carbons (Fsp3) is 0.714. The highest BCUT2D eigenvalue weighted by Crippen LogP contribution is 2.20. The van der Waals surface area contributed by atoms with Gasteiger partial charge in [-0.3, -0.25) is 9.69 Å². The van der Waals surface area contributed by atoms with Crippen LogP contribution in [-0.4, -0.2) is 53.9 Å². The number of amides is 1. The standard InChI is InChI=1S/C14H24N4OS/c1-17(2)14(19)7-13-16-11(10-20-13)9-18-6-4-3-5-12(18)8-15/h10,12H,3-9,15H2,1-2H3. The maximum absolute atomic E-state index is 11.7. The van der Waals surface area contributed by atoms with Crippen molar-refractivity contribution in [2.75, 3.05) is 27.2 Å². The minimum absolute atomic E-state index is 0.101. The number of piperidine rings is 1. The van der Waals surface area contributed by atoms with Crippen LogP contribution in [0, 0.1) is 0 Å². The van der Waals surface area contributed by atoms with E-state index in [1.807, 2.05) is 0 Å². The maximum Gasteiger partial charge on any atom is 0.228 e. The summed E-state index contributed by atoms with van der Waals surface area (Å²) in [6.07, 6.45) is 4.11. The minimum atomic E-state index is 0.101. The Hall–Kier alpha value is -0.980. The first-order chi connectivity index (χ1) is 9.60. The molecule has 6 heteroatoms. The number of nitrogens with zero attached hydrogens (tertiary/aromatic N) is 3. The van der Waals surface area contributed by atoms with Gasteiger partial charge >= 0.3 is 0 Å². The van der Waals surface area contributed by atoms with Gasteiger partial charge in [-0.25, -0.2) is 4.98 Å². The minimum Gasteiger partial charge on any atom is -0.348 e. The van der Waals surface area contributed by atoms with E-state index in [1.165, 1.54) is 19.3 Å². The number of rotatable bonds is 5. The summed E-state index contributed by atoms with van der Waals surface area (Å²) in [7, 11) is 3.55. The molecule has 0 aromatic carbocycles. The van der Waals surface area contributed by atoms with Gasteiger partial charge in [0.2, 0.25) is 5.91 Å². The van der Waals surface area contributed by atoms with E-state index >= 15 is 0 Å². The molecule has 1 aromatic heterocycles. The lowest BCUT2D eigenvalue weighted by Crippen LogP contribution is -2.43. The lowest BCUT2D eigenvalue weighted by atomic mass is 10.0. The number of aromatic nitrogens is 1. The summed E-state index contributed by atoms with van der Waals surface area (Å²) in [4.78, 5) is 20.3. The highest BCUT2D eigenvalue weighted by atomic mass is 32.1. The number of hydrogen-bond donors (Lipinski definition) is 1.